The van der Waals surface area contributed by atoms with Gasteiger partial charge in [-0.05, 0) is 95.6 Å². The zero-order chi connectivity index (χ0) is 47.0. The number of carbonyl (C=O) groups is 1. The van der Waals surface area contributed by atoms with Crippen molar-refractivity contribution in [2.75, 3.05) is 91.6 Å². The molecular formula is C49H62N8O8S2. The summed E-state index contributed by atoms with van der Waals surface area (Å²) in [4.78, 5) is 22.3. The molecule has 1 amide bonds. The minimum Gasteiger partial charge on any atom is -0.373 e. The molecule has 5 N–H and O–H groups in total. The molecule has 16 nitrogen and oxygen atoms in total. The maximum atomic E-state index is 13.2. The van der Waals surface area contributed by atoms with Gasteiger partial charge in [0, 0.05) is 97.2 Å². The van der Waals surface area contributed by atoms with Crippen molar-refractivity contribution >= 4 is 26.0 Å². The van der Waals surface area contributed by atoms with E-state index in [1.807, 2.05) is 24.3 Å². The van der Waals surface area contributed by atoms with E-state index in [-0.39, 0.29) is 42.4 Å². The SMILES string of the molecule is O=C(NO)C1=CCN(S(=O)(=O)c2ccc(-c3ccc(CN4CCN(CCCN5CCN(Cc6ccc(-c7ccc(S(=O)(=O)N8CC=C(C(O)NO)CC8)cc7)cc6)CC5)CC4)cc3)cc2)CC1. The zero-order valence-electron chi connectivity index (χ0n) is 37.8. The molecule has 8 rings (SSSR count). The minimum absolute atomic E-state index is 0.0763. The number of benzene rings is 4. The van der Waals surface area contributed by atoms with Crippen LogP contribution in [0, 0.1) is 0 Å². The third kappa shape index (κ3) is 12.1. The molecular weight excluding hydrogens is 893 g/mol. The second-order valence-corrected chi connectivity index (χ2v) is 21.6. The van der Waals surface area contributed by atoms with Gasteiger partial charge in [0.2, 0.25) is 20.0 Å². The standard InChI is InChI=1S/C49H62N8O8S2/c58-48(50-60)44-18-24-56(25-19-44)66(62,63)46-14-10-42(11-15-46)40-6-2-38(3-7-40)36-54-32-28-52(29-33-54)22-1-23-53-30-34-55(35-31-53)37-39-4-8-41(9-5-39)43-12-16-47(17-13-43)67(64,65)57-26-20-45(21-27-57)49(59)51-61/h2-18,20,48,50,58,60-61H,1,19,21-37H2,(H,51,59). The van der Waals surface area contributed by atoms with Crippen molar-refractivity contribution in [3.05, 3.63) is 131 Å². The van der Waals surface area contributed by atoms with Crippen LogP contribution in [-0.4, -0.2) is 164 Å². The Hall–Kier alpha value is -4.67. The second-order valence-electron chi connectivity index (χ2n) is 17.7. The van der Waals surface area contributed by atoms with Crippen molar-refractivity contribution in [1.29, 1.82) is 0 Å². The molecule has 4 aromatic rings. The summed E-state index contributed by atoms with van der Waals surface area (Å²) < 4.78 is 55.7. The molecule has 2 fully saturated rings. The van der Waals surface area contributed by atoms with Crippen LogP contribution in [0.5, 0.6) is 0 Å². The molecule has 0 spiro atoms. The molecule has 4 aliphatic heterocycles. The highest BCUT2D eigenvalue weighted by Crippen LogP contribution is 2.28. The lowest BCUT2D eigenvalue weighted by Gasteiger charge is -2.37. The van der Waals surface area contributed by atoms with Crippen LogP contribution < -0.4 is 11.0 Å². The second kappa shape index (κ2) is 22.2. The van der Waals surface area contributed by atoms with E-state index in [0.717, 1.165) is 107 Å². The maximum Gasteiger partial charge on any atom is 0.270 e. The number of aliphatic hydroxyl groups is 1. The Morgan fingerprint density at radius 3 is 1.27 bits per heavy atom. The molecule has 0 radical (unpaired) electrons. The molecule has 0 bridgehead atoms. The van der Waals surface area contributed by atoms with Crippen molar-refractivity contribution in [2.24, 2.45) is 0 Å². The van der Waals surface area contributed by atoms with Gasteiger partial charge in [-0.1, -0.05) is 84.9 Å². The molecule has 0 saturated carbocycles. The largest absolute Gasteiger partial charge is 0.373 e. The smallest absolute Gasteiger partial charge is 0.270 e. The molecule has 1 unspecified atom stereocenters. The molecule has 18 heteroatoms. The third-order valence-electron chi connectivity index (χ3n) is 13.5. The first-order valence-corrected chi connectivity index (χ1v) is 26.0. The van der Waals surface area contributed by atoms with Gasteiger partial charge in [-0.25, -0.2) is 22.3 Å². The normalized spacial score (nSPS) is 19.4. The summed E-state index contributed by atoms with van der Waals surface area (Å²) >= 11 is 0. The van der Waals surface area contributed by atoms with Gasteiger partial charge in [-0.15, -0.1) is 0 Å². The van der Waals surface area contributed by atoms with E-state index in [1.165, 1.54) is 25.8 Å². The van der Waals surface area contributed by atoms with Gasteiger partial charge in [0.1, 0.15) is 6.23 Å². The zero-order valence-corrected chi connectivity index (χ0v) is 39.4. The summed E-state index contributed by atoms with van der Waals surface area (Å²) in [5.74, 6) is -0.605. The van der Waals surface area contributed by atoms with E-state index >= 15 is 0 Å². The van der Waals surface area contributed by atoms with Crippen molar-refractivity contribution in [3.8, 4) is 22.3 Å². The number of hydrogen-bond donors (Lipinski definition) is 5. The molecule has 358 valence electrons. The summed E-state index contributed by atoms with van der Waals surface area (Å²) in [6.45, 7) is 13.0. The van der Waals surface area contributed by atoms with Gasteiger partial charge in [-0.2, -0.15) is 14.1 Å². The van der Waals surface area contributed by atoms with E-state index in [4.69, 9.17) is 10.4 Å². The molecule has 2 saturated heterocycles. The lowest BCUT2D eigenvalue weighted by atomic mass is 10.0. The Balaban J connectivity index is 0.705. The van der Waals surface area contributed by atoms with Crippen LogP contribution in [0.4, 0.5) is 0 Å². The fraction of sp³-hybridized carbons (Fsp3) is 0.408. The van der Waals surface area contributed by atoms with Crippen molar-refractivity contribution in [1.82, 2.24) is 39.2 Å². The van der Waals surface area contributed by atoms with Crippen LogP contribution in [-0.2, 0) is 37.9 Å². The van der Waals surface area contributed by atoms with Gasteiger partial charge in [-0.3, -0.25) is 19.8 Å². The van der Waals surface area contributed by atoms with Crippen molar-refractivity contribution in [2.45, 2.75) is 48.4 Å². The summed E-state index contributed by atoms with van der Waals surface area (Å²) in [7, 11) is -7.40. The van der Waals surface area contributed by atoms with Gasteiger partial charge >= 0.3 is 0 Å². The van der Waals surface area contributed by atoms with Crippen LogP contribution in [0.25, 0.3) is 22.3 Å². The average molecular weight is 955 g/mol. The number of sulfonamides is 2. The predicted octanol–water partition coefficient (Wildman–Crippen LogP) is 3.79. The molecule has 4 heterocycles. The van der Waals surface area contributed by atoms with Gasteiger partial charge in [0.15, 0.2) is 0 Å². The summed E-state index contributed by atoms with van der Waals surface area (Å²) in [5.41, 5.74) is 10.8. The first kappa shape index (κ1) is 48.8. The van der Waals surface area contributed by atoms with E-state index in [9.17, 15) is 26.7 Å². The van der Waals surface area contributed by atoms with Gasteiger partial charge < -0.3 is 20.1 Å². The maximum absolute atomic E-state index is 13.2. The summed E-state index contributed by atoms with van der Waals surface area (Å²) in [5, 5.41) is 27.6. The number of hydroxylamine groups is 2. The number of piperazine rings is 2. The fourth-order valence-corrected chi connectivity index (χ4v) is 12.0. The average Bonchev–Trinajstić information content (AvgIpc) is 3.37. The monoisotopic (exact) mass is 954 g/mol. The van der Waals surface area contributed by atoms with Crippen LogP contribution in [0.3, 0.4) is 0 Å². The summed E-state index contributed by atoms with van der Waals surface area (Å²) in [6.07, 6.45) is 3.70. The quantitative estimate of drug-likeness (QED) is 0.0446. The third-order valence-corrected chi connectivity index (χ3v) is 17.3. The number of nitrogens with one attached hydrogen (secondary N) is 2. The highest BCUT2D eigenvalue weighted by atomic mass is 32.2. The lowest BCUT2D eigenvalue weighted by Crippen LogP contribution is -2.48. The van der Waals surface area contributed by atoms with Gasteiger partial charge in [0.05, 0.1) is 9.79 Å². The van der Waals surface area contributed by atoms with Crippen LogP contribution >= 0.6 is 0 Å². The number of rotatable bonds is 17. The molecule has 1 atom stereocenters. The van der Waals surface area contributed by atoms with Crippen LogP contribution in [0.2, 0.25) is 0 Å². The molecule has 4 aromatic carbocycles. The Labute approximate surface area is 394 Å². The Kier molecular flexibility index (Phi) is 16.1. The predicted molar refractivity (Wildman–Crippen MR) is 256 cm³/mol. The van der Waals surface area contributed by atoms with Crippen molar-refractivity contribution in [3.63, 3.8) is 0 Å². The summed E-state index contributed by atoms with van der Waals surface area (Å²) in [6, 6.07) is 30.9. The highest BCUT2D eigenvalue weighted by molar-refractivity contribution is 7.89. The highest BCUT2D eigenvalue weighted by Gasteiger charge is 2.29. The lowest BCUT2D eigenvalue weighted by molar-refractivity contribution is -0.125. The Bertz CT molecular complexity index is 2580. The molecule has 4 aliphatic rings. The fourth-order valence-electron chi connectivity index (χ4n) is 9.28. The number of aliphatic hydroxyl groups excluding tert-OH is 1. The number of amides is 1. The van der Waals surface area contributed by atoms with Crippen molar-refractivity contribution < 1.29 is 37.2 Å². The van der Waals surface area contributed by atoms with E-state index in [1.54, 1.807) is 41.3 Å². The topological polar surface area (TPSA) is 190 Å². The molecule has 0 aliphatic carbocycles. The molecule has 67 heavy (non-hydrogen) atoms. The van der Waals surface area contributed by atoms with Crippen LogP contribution in [0.1, 0.15) is 30.4 Å². The van der Waals surface area contributed by atoms with E-state index < -0.39 is 32.2 Å². The van der Waals surface area contributed by atoms with Gasteiger partial charge in [0.25, 0.3) is 5.91 Å². The first-order chi connectivity index (χ1) is 32.4. The molecule has 0 aromatic heterocycles. The number of carbonyl (C=O) groups excluding carboxylic acids is 1. The van der Waals surface area contributed by atoms with Crippen LogP contribution in [0.15, 0.2) is 130 Å². The number of nitrogens with zero attached hydrogens (tertiary/aromatic N) is 6. The Morgan fingerprint density at radius 2 is 0.910 bits per heavy atom. The minimum atomic E-state index is -3.72. The number of hydrogen-bond acceptors (Lipinski definition) is 13. The van der Waals surface area contributed by atoms with E-state index in [2.05, 4.69) is 68.1 Å². The Morgan fingerprint density at radius 1 is 0.522 bits per heavy atom. The first-order valence-electron chi connectivity index (χ1n) is 23.1. The van der Waals surface area contributed by atoms with E-state index in [0.29, 0.717) is 17.6 Å².